The van der Waals surface area contributed by atoms with Crippen molar-refractivity contribution in [1.82, 2.24) is 0 Å². The highest BCUT2D eigenvalue weighted by Gasteiger charge is 2.09. The fourth-order valence-corrected chi connectivity index (χ4v) is 0.237. The van der Waals surface area contributed by atoms with Gasteiger partial charge in [0.15, 0.2) is 6.33 Å². The molecule has 0 radical (unpaired) electrons. The number of carboxylic acid groups (broad SMARTS) is 2. The second-order valence-electron chi connectivity index (χ2n) is 1.16. The van der Waals surface area contributed by atoms with Crippen LogP contribution in [0, 0.1) is 0 Å². The van der Waals surface area contributed by atoms with E-state index in [1.54, 1.807) is 0 Å². The van der Waals surface area contributed by atoms with E-state index in [9.17, 15) is 14.0 Å². The summed E-state index contributed by atoms with van der Waals surface area (Å²) in [5, 5.41) is 15.7. The minimum absolute atomic E-state index is 0.428. The predicted octanol–water partition coefficient (Wildman–Crippen LogP) is 1.14. The molecule has 0 aromatic carbocycles. The lowest BCUT2D eigenvalue weighted by Crippen LogP contribution is -2.07. The molecule has 0 rings (SSSR count). The third-order valence-electron chi connectivity index (χ3n) is 0.465. The van der Waals surface area contributed by atoms with E-state index in [4.69, 9.17) is 10.2 Å². The van der Waals surface area contributed by atoms with Crippen LogP contribution >= 0.6 is 0 Å². The van der Waals surface area contributed by atoms with Crippen molar-refractivity contribution in [1.29, 1.82) is 0 Å². The standard InChI is InChI=1S/C4H3FO6/c5-1-2(10-3(6)7)11-4(8)9/h1H,(H,6,7)(H,8,9). The second kappa shape index (κ2) is 4.09. The van der Waals surface area contributed by atoms with Crippen molar-refractivity contribution in [2.45, 2.75) is 0 Å². The Bertz CT molecular complexity index is 179. The molecule has 62 valence electrons. The highest BCUT2D eigenvalue weighted by molar-refractivity contribution is 5.61. The minimum Gasteiger partial charge on any atom is -0.449 e. The maximum atomic E-state index is 11.4. The Hall–Kier alpha value is -1.79. The van der Waals surface area contributed by atoms with Crippen LogP contribution in [0.15, 0.2) is 12.3 Å². The van der Waals surface area contributed by atoms with Gasteiger partial charge in [0, 0.05) is 0 Å². The highest BCUT2D eigenvalue weighted by Crippen LogP contribution is 2.00. The van der Waals surface area contributed by atoms with Crippen LogP contribution in [0.3, 0.4) is 0 Å². The van der Waals surface area contributed by atoms with Crippen molar-refractivity contribution < 1.29 is 33.7 Å². The van der Waals surface area contributed by atoms with Crippen molar-refractivity contribution in [3.63, 3.8) is 0 Å². The van der Waals surface area contributed by atoms with E-state index in [2.05, 4.69) is 9.47 Å². The van der Waals surface area contributed by atoms with Gasteiger partial charge in [0.05, 0.1) is 0 Å². The molecule has 2 N–H and O–H groups in total. The lowest BCUT2D eigenvalue weighted by atomic mass is 10.9. The first-order chi connectivity index (χ1) is 5.06. The Morgan fingerprint density at radius 1 is 1.18 bits per heavy atom. The molecule has 0 aliphatic heterocycles. The number of halogens is 1. The van der Waals surface area contributed by atoms with Gasteiger partial charge in [-0.15, -0.1) is 0 Å². The van der Waals surface area contributed by atoms with E-state index in [1.807, 2.05) is 0 Å². The molecule has 0 saturated carbocycles. The topological polar surface area (TPSA) is 93.1 Å². The summed E-state index contributed by atoms with van der Waals surface area (Å²) in [7, 11) is 0. The van der Waals surface area contributed by atoms with Gasteiger partial charge in [0.25, 0.3) is 0 Å². The van der Waals surface area contributed by atoms with Gasteiger partial charge in [-0.05, 0) is 0 Å². The molecule has 0 aliphatic rings. The molecule has 0 aromatic rings. The molecule has 7 heteroatoms. The highest BCUT2D eigenvalue weighted by atomic mass is 19.1. The maximum Gasteiger partial charge on any atom is 0.513 e. The van der Waals surface area contributed by atoms with Crippen LogP contribution in [0.1, 0.15) is 0 Å². The van der Waals surface area contributed by atoms with E-state index in [1.165, 1.54) is 0 Å². The molecule has 0 heterocycles. The molecule has 0 spiro atoms. The van der Waals surface area contributed by atoms with Gasteiger partial charge in [-0.3, -0.25) is 0 Å². The Labute approximate surface area is 59.4 Å². The molecule has 0 aromatic heterocycles. The van der Waals surface area contributed by atoms with Crippen molar-refractivity contribution in [2.75, 3.05) is 0 Å². The lowest BCUT2D eigenvalue weighted by molar-refractivity contribution is 0.0394. The number of carbonyl (C=O) groups is 2. The van der Waals surface area contributed by atoms with Gasteiger partial charge in [-0.25, -0.2) is 14.0 Å². The minimum atomic E-state index is -1.87. The number of hydrogen-bond acceptors (Lipinski definition) is 4. The molecule has 0 bridgehead atoms. The van der Waals surface area contributed by atoms with Gasteiger partial charge >= 0.3 is 18.3 Å². The van der Waals surface area contributed by atoms with Crippen LogP contribution < -0.4 is 0 Å². The summed E-state index contributed by atoms with van der Waals surface area (Å²) < 4.78 is 18.5. The summed E-state index contributed by atoms with van der Waals surface area (Å²) in [5.41, 5.74) is 0. The average Bonchev–Trinajstić information content (AvgIpc) is 1.84. The van der Waals surface area contributed by atoms with E-state index in [0.717, 1.165) is 0 Å². The molecule has 0 unspecified atom stereocenters. The Kier molecular flexibility index (Phi) is 3.43. The van der Waals surface area contributed by atoms with Crippen LogP contribution in [0.5, 0.6) is 0 Å². The molecule has 0 aliphatic carbocycles. The van der Waals surface area contributed by atoms with Crippen molar-refractivity contribution >= 4 is 12.3 Å². The molecule has 0 atom stereocenters. The quantitative estimate of drug-likeness (QED) is 0.472. The summed E-state index contributed by atoms with van der Waals surface area (Å²) in [4.78, 5) is 19.3. The summed E-state index contributed by atoms with van der Waals surface area (Å²) in [6, 6.07) is 0. The summed E-state index contributed by atoms with van der Waals surface area (Å²) in [5.74, 6) is -1.25. The zero-order chi connectivity index (χ0) is 8.85. The monoisotopic (exact) mass is 166 g/mol. The fourth-order valence-electron chi connectivity index (χ4n) is 0.237. The number of rotatable bonds is 2. The van der Waals surface area contributed by atoms with Crippen LogP contribution in [0.2, 0.25) is 0 Å². The third-order valence-corrected chi connectivity index (χ3v) is 0.465. The maximum absolute atomic E-state index is 11.4. The molecular formula is C4H3FO6. The van der Waals surface area contributed by atoms with E-state index in [0.29, 0.717) is 0 Å². The third kappa shape index (κ3) is 4.70. The zero-order valence-electron chi connectivity index (χ0n) is 4.98. The van der Waals surface area contributed by atoms with Gasteiger partial charge in [0.1, 0.15) is 0 Å². The summed E-state index contributed by atoms with van der Waals surface area (Å²) in [6.45, 7) is 0. The Morgan fingerprint density at radius 2 is 1.55 bits per heavy atom. The summed E-state index contributed by atoms with van der Waals surface area (Å²) in [6.07, 6.45) is -4.16. The first-order valence-corrected chi connectivity index (χ1v) is 2.18. The molecule has 0 amide bonds. The summed E-state index contributed by atoms with van der Waals surface area (Å²) >= 11 is 0. The SMILES string of the molecule is O=C(O)OC(=CF)OC(=O)O. The Morgan fingerprint density at radius 3 is 1.73 bits per heavy atom. The molecule has 11 heavy (non-hydrogen) atoms. The molecular weight excluding hydrogens is 163 g/mol. The van der Waals surface area contributed by atoms with Crippen LogP contribution in [0.25, 0.3) is 0 Å². The van der Waals surface area contributed by atoms with Crippen molar-refractivity contribution in [3.8, 4) is 0 Å². The molecule has 0 fully saturated rings. The lowest BCUT2D eigenvalue weighted by Gasteiger charge is -1.99. The van der Waals surface area contributed by atoms with Crippen LogP contribution in [-0.2, 0) is 9.47 Å². The van der Waals surface area contributed by atoms with Gasteiger partial charge in [-0.2, -0.15) is 0 Å². The predicted molar refractivity (Wildman–Crippen MR) is 27.4 cm³/mol. The van der Waals surface area contributed by atoms with E-state index >= 15 is 0 Å². The first-order valence-electron chi connectivity index (χ1n) is 2.18. The van der Waals surface area contributed by atoms with Crippen LogP contribution in [0.4, 0.5) is 14.0 Å². The first kappa shape index (κ1) is 9.21. The van der Waals surface area contributed by atoms with Gasteiger partial charge in [0.2, 0.25) is 0 Å². The second-order valence-corrected chi connectivity index (χ2v) is 1.16. The van der Waals surface area contributed by atoms with Crippen molar-refractivity contribution in [2.24, 2.45) is 0 Å². The average molecular weight is 166 g/mol. The van der Waals surface area contributed by atoms with Crippen molar-refractivity contribution in [3.05, 3.63) is 12.3 Å². The zero-order valence-corrected chi connectivity index (χ0v) is 4.98. The number of hydrogen-bond donors (Lipinski definition) is 2. The van der Waals surface area contributed by atoms with E-state index in [-0.39, 0.29) is 0 Å². The normalized spacial score (nSPS) is 8.09. The number of ether oxygens (including phenoxy) is 2. The molecule has 0 saturated heterocycles. The smallest absolute Gasteiger partial charge is 0.449 e. The van der Waals surface area contributed by atoms with E-state index < -0.39 is 24.6 Å². The fraction of sp³-hybridized carbons (Fsp3) is 0. The Balaban J connectivity index is 3.99. The largest absolute Gasteiger partial charge is 0.513 e. The van der Waals surface area contributed by atoms with Gasteiger partial charge in [-0.1, -0.05) is 0 Å². The van der Waals surface area contributed by atoms with Gasteiger partial charge < -0.3 is 19.7 Å². The molecule has 6 nitrogen and oxygen atoms in total. The van der Waals surface area contributed by atoms with Crippen LogP contribution in [-0.4, -0.2) is 22.5 Å².